The second kappa shape index (κ2) is 6.20. The van der Waals surface area contributed by atoms with Crippen LogP contribution < -0.4 is 0 Å². The van der Waals surface area contributed by atoms with Gasteiger partial charge in [0, 0.05) is 11.8 Å². The molecular formula is C16H11F3N2O2S. The van der Waals surface area contributed by atoms with Crippen LogP contribution in [-0.4, -0.2) is 20.6 Å². The van der Waals surface area contributed by atoms with Gasteiger partial charge in [-0.1, -0.05) is 29.4 Å². The number of rotatable bonds is 3. The molecule has 2 aromatic carbocycles. The Morgan fingerprint density at radius 2 is 1.83 bits per heavy atom. The smallest absolute Gasteiger partial charge is 0.334 e. The standard InChI is InChI=1S/C16H11F3N2O2S/c1-24(22)13-8-3-2-7-12(13)15-20-14(21-23-15)10-5-4-6-11(9-10)16(17,18)19/h2-9H,1H3/t24-/m1/s1. The molecule has 24 heavy (non-hydrogen) atoms. The summed E-state index contributed by atoms with van der Waals surface area (Å²) in [6.07, 6.45) is -2.93. The van der Waals surface area contributed by atoms with Crippen LogP contribution in [0.1, 0.15) is 5.56 Å². The van der Waals surface area contributed by atoms with Crippen molar-refractivity contribution >= 4 is 10.8 Å². The van der Waals surface area contributed by atoms with E-state index in [1.54, 1.807) is 24.3 Å². The van der Waals surface area contributed by atoms with Crippen molar-refractivity contribution in [2.24, 2.45) is 0 Å². The van der Waals surface area contributed by atoms with E-state index in [1.807, 2.05) is 0 Å². The average molecular weight is 352 g/mol. The molecule has 0 spiro atoms. The quantitative estimate of drug-likeness (QED) is 0.710. The summed E-state index contributed by atoms with van der Waals surface area (Å²) in [7, 11) is -1.27. The van der Waals surface area contributed by atoms with Crippen molar-refractivity contribution in [1.82, 2.24) is 10.1 Å². The van der Waals surface area contributed by atoms with Crippen molar-refractivity contribution in [1.29, 1.82) is 0 Å². The van der Waals surface area contributed by atoms with Gasteiger partial charge in [0.2, 0.25) is 5.82 Å². The van der Waals surface area contributed by atoms with E-state index in [0.29, 0.717) is 10.5 Å². The minimum Gasteiger partial charge on any atom is -0.334 e. The Hall–Kier alpha value is -2.48. The van der Waals surface area contributed by atoms with Crippen LogP contribution in [0, 0.1) is 0 Å². The van der Waals surface area contributed by atoms with Crippen LogP contribution in [0.2, 0.25) is 0 Å². The molecule has 0 amide bonds. The van der Waals surface area contributed by atoms with Gasteiger partial charge >= 0.3 is 6.18 Å². The van der Waals surface area contributed by atoms with Crippen LogP contribution in [0.25, 0.3) is 22.8 Å². The first kappa shape index (κ1) is 16.4. The highest BCUT2D eigenvalue weighted by Gasteiger charge is 2.30. The largest absolute Gasteiger partial charge is 0.416 e. The molecule has 0 bridgehead atoms. The molecule has 0 N–H and O–H groups in total. The molecule has 1 heterocycles. The molecule has 0 saturated carbocycles. The highest BCUT2D eigenvalue weighted by atomic mass is 32.2. The minimum atomic E-state index is -4.45. The van der Waals surface area contributed by atoms with Crippen molar-refractivity contribution in [3.8, 4) is 22.8 Å². The molecule has 1 atom stereocenters. The zero-order chi connectivity index (χ0) is 17.3. The Kier molecular flexibility index (Phi) is 4.23. The van der Waals surface area contributed by atoms with Crippen molar-refractivity contribution < 1.29 is 21.9 Å². The van der Waals surface area contributed by atoms with Gasteiger partial charge in [-0.15, -0.1) is 0 Å². The molecule has 124 valence electrons. The van der Waals surface area contributed by atoms with Gasteiger partial charge in [-0.3, -0.25) is 4.21 Å². The monoisotopic (exact) mass is 352 g/mol. The summed E-state index contributed by atoms with van der Waals surface area (Å²) in [5.41, 5.74) is -0.111. The Morgan fingerprint density at radius 1 is 1.08 bits per heavy atom. The molecule has 8 heteroatoms. The Bertz CT molecular complexity index is 906. The Labute approximate surface area is 137 Å². The number of aromatic nitrogens is 2. The van der Waals surface area contributed by atoms with Crippen LogP contribution >= 0.6 is 0 Å². The summed E-state index contributed by atoms with van der Waals surface area (Å²) < 4.78 is 55.3. The predicted molar refractivity (Wildman–Crippen MR) is 82.5 cm³/mol. The summed E-state index contributed by atoms with van der Waals surface area (Å²) in [5, 5.41) is 3.73. The predicted octanol–water partition coefficient (Wildman–Crippen LogP) is 4.16. The molecule has 0 radical (unpaired) electrons. The third-order valence-electron chi connectivity index (χ3n) is 3.30. The number of nitrogens with zero attached hydrogens (tertiary/aromatic N) is 2. The number of alkyl halides is 3. The highest BCUT2D eigenvalue weighted by molar-refractivity contribution is 7.84. The van der Waals surface area contributed by atoms with Gasteiger partial charge in [-0.2, -0.15) is 18.2 Å². The van der Waals surface area contributed by atoms with E-state index >= 15 is 0 Å². The van der Waals surface area contributed by atoms with E-state index in [1.165, 1.54) is 18.4 Å². The summed E-state index contributed by atoms with van der Waals surface area (Å²) in [5.74, 6) is 0.140. The first-order valence-electron chi connectivity index (χ1n) is 6.80. The lowest BCUT2D eigenvalue weighted by molar-refractivity contribution is -0.137. The van der Waals surface area contributed by atoms with E-state index in [-0.39, 0.29) is 17.3 Å². The second-order valence-corrected chi connectivity index (χ2v) is 6.30. The molecule has 0 aliphatic carbocycles. The minimum absolute atomic E-state index is 0.0350. The lowest BCUT2D eigenvalue weighted by Crippen LogP contribution is -2.04. The van der Waals surface area contributed by atoms with Crippen LogP contribution in [-0.2, 0) is 17.0 Å². The van der Waals surface area contributed by atoms with E-state index in [4.69, 9.17) is 4.52 Å². The van der Waals surface area contributed by atoms with Gasteiger partial charge < -0.3 is 4.52 Å². The van der Waals surface area contributed by atoms with Crippen molar-refractivity contribution in [2.45, 2.75) is 11.1 Å². The maximum Gasteiger partial charge on any atom is 0.416 e. The Morgan fingerprint density at radius 3 is 2.54 bits per heavy atom. The fourth-order valence-electron chi connectivity index (χ4n) is 2.18. The van der Waals surface area contributed by atoms with E-state index in [9.17, 15) is 17.4 Å². The van der Waals surface area contributed by atoms with Gasteiger partial charge in [-0.25, -0.2) is 0 Å². The van der Waals surface area contributed by atoms with Crippen LogP contribution in [0.3, 0.4) is 0 Å². The molecule has 0 aliphatic heterocycles. The van der Waals surface area contributed by atoms with Crippen molar-refractivity contribution in [3.05, 3.63) is 54.1 Å². The molecule has 0 fully saturated rings. The zero-order valence-corrected chi connectivity index (χ0v) is 13.2. The van der Waals surface area contributed by atoms with Gasteiger partial charge in [0.25, 0.3) is 5.89 Å². The zero-order valence-electron chi connectivity index (χ0n) is 12.4. The van der Waals surface area contributed by atoms with Gasteiger partial charge in [0.1, 0.15) is 0 Å². The van der Waals surface area contributed by atoms with Crippen molar-refractivity contribution in [2.75, 3.05) is 6.26 Å². The normalized spacial score (nSPS) is 13.0. The first-order chi connectivity index (χ1) is 11.4. The lowest BCUT2D eigenvalue weighted by Gasteiger charge is -2.06. The molecule has 4 nitrogen and oxygen atoms in total. The fourth-order valence-corrected chi connectivity index (χ4v) is 2.91. The summed E-state index contributed by atoms with van der Waals surface area (Å²) in [6.45, 7) is 0. The van der Waals surface area contributed by atoms with Crippen LogP contribution in [0.5, 0.6) is 0 Å². The molecule has 1 aromatic heterocycles. The van der Waals surface area contributed by atoms with Gasteiger partial charge in [0.15, 0.2) is 0 Å². The highest BCUT2D eigenvalue weighted by Crippen LogP contribution is 2.32. The summed E-state index contributed by atoms with van der Waals surface area (Å²) >= 11 is 0. The van der Waals surface area contributed by atoms with Crippen LogP contribution in [0.4, 0.5) is 13.2 Å². The number of benzene rings is 2. The molecule has 3 rings (SSSR count). The SMILES string of the molecule is C[S@@](=O)c1ccccc1-c1nc(-c2cccc(C(F)(F)F)c2)no1. The summed E-state index contributed by atoms with van der Waals surface area (Å²) in [4.78, 5) is 4.65. The van der Waals surface area contributed by atoms with E-state index < -0.39 is 22.5 Å². The molecule has 3 aromatic rings. The van der Waals surface area contributed by atoms with E-state index in [0.717, 1.165) is 12.1 Å². The molecule has 0 aliphatic rings. The first-order valence-corrected chi connectivity index (χ1v) is 8.36. The third kappa shape index (κ3) is 3.23. The Balaban J connectivity index is 2.02. The van der Waals surface area contributed by atoms with Gasteiger partial charge in [0.05, 0.1) is 26.8 Å². The average Bonchev–Trinajstić information content (AvgIpc) is 3.04. The second-order valence-electron chi connectivity index (χ2n) is 4.95. The van der Waals surface area contributed by atoms with E-state index in [2.05, 4.69) is 10.1 Å². The number of hydrogen-bond acceptors (Lipinski definition) is 4. The number of halogens is 3. The van der Waals surface area contributed by atoms with Crippen LogP contribution in [0.15, 0.2) is 57.9 Å². The molecule has 0 unspecified atom stereocenters. The lowest BCUT2D eigenvalue weighted by atomic mass is 10.1. The fraction of sp³-hybridized carbons (Fsp3) is 0.125. The molecule has 0 saturated heterocycles. The topological polar surface area (TPSA) is 56.0 Å². The van der Waals surface area contributed by atoms with Crippen molar-refractivity contribution in [3.63, 3.8) is 0 Å². The maximum atomic E-state index is 12.8. The molecular weight excluding hydrogens is 341 g/mol. The number of hydrogen-bond donors (Lipinski definition) is 0. The summed E-state index contributed by atoms with van der Waals surface area (Å²) in [6, 6.07) is 11.5. The van der Waals surface area contributed by atoms with Gasteiger partial charge in [-0.05, 0) is 24.3 Å². The maximum absolute atomic E-state index is 12.8. The third-order valence-corrected chi connectivity index (χ3v) is 4.28.